The SMILES string of the molecule is CCCCCCCCNCc1ccc(COC)cc1. The molecule has 0 saturated carbocycles. The third-order valence-electron chi connectivity index (χ3n) is 3.37. The van der Waals surface area contributed by atoms with Crippen LogP contribution in [-0.2, 0) is 17.9 Å². The molecule has 0 aromatic heterocycles. The number of hydrogen-bond acceptors (Lipinski definition) is 2. The molecule has 0 fully saturated rings. The average molecular weight is 263 g/mol. The van der Waals surface area contributed by atoms with E-state index in [1.165, 1.54) is 49.7 Å². The molecular weight excluding hydrogens is 234 g/mol. The number of nitrogens with one attached hydrogen (secondary N) is 1. The molecule has 0 spiro atoms. The summed E-state index contributed by atoms with van der Waals surface area (Å²) >= 11 is 0. The standard InChI is InChI=1S/C17H29NO/c1-3-4-5-6-7-8-13-18-14-16-9-11-17(12-10-16)15-19-2/h9-12,18H,3-8,13-15H2,1-2H3. The van der Waals surface area contributed by atoms with Crippen molar-refractivity contribution in [3.05, 3.63) is 35.4 Å². The second kappa shape index (κ2) is 11.0. The minimum atomic E-state index is 0.700. The molecule has 0 radical (unpaired) electrons. The van der Waals surface area contributed by atoms with Crippen molar-refractivity contribution in [3.8, 4) is 0 Å². The zero-order chi connectivity index (χ0) is 13.8. The Morgan fingerprint density at radius 1 is 0.895 bits per heavy atom. The smallest absolute Gasteiger partial charge is 0.0713 e. The van der Waals surface area contributed by atoms with Gasteiger partial charge in [0.15, 0.2) is 0 Å². The Bertz CT molecular complexity index is 308. The molecule has 0 bridgehead atoms. The molecule has 0 aliphatic heterocycles. The van der Waals surface area contributed by atoms with Crippen molar-refractivity contribution in [1.29, 1.82) is 0 Å². The highest BCUT2D eigenvalue weighted by atomic mass is 16.5. The van der Waals surface area contributed by atoms with Crippen LogP contribution in [0.15, 0.2) is 24.3 Å². The lowest BCUT2D eigenvalue weighted by Crippen LogP contribution is -2.14. The monoisotopic (exact) mass is 263 g/mol. The summed E-state index contributed by atoms with van der Waals surface area (Å²) in [6.45, 7) is 5.07. The molecular formula is C17H29NO. The molecule has 0 unspecified atom stereocenters. The Kier molecular flexibility index (Phi) is 9.38. The van der Waals surface area contributed by atoms with Gasteiger partial charge in [0, 0.05) is 13.7 Å². The van der Waals surface area contributed by atoms with Crippen molar-refractivity contribution in [1.82, 2.24) is 5.32 Å². The molecule has 2 heteroatoms. The fourth-order valence-electron chi connectivity index (χ4n) is 2.18. The van der Waals surface area contributed by atoms with Crippen LogP contribution in [0, 0.1) is 0 Å². The van der Waals surface area contributed by atoms with Crippen molar-refractivity contribution in [2.24, 2.45) is 0 Å². The van der Waals surface area contributed by atoms with Gasteiger partial charge < -0.3 is 10.1 Å². The molecule has 2 nitrogen and oxygen atoms in total. The highest BCUT2D eigenvalue weighted by molar-refractivity contribution is 5.21. The van der Waals surface area contributed by atoms with Crippen LogP contribution in [0.3, 0.4) is 0 Å². The molecule has 19 heavy (non-hydrogen) atoms. The van der Waals surface area contributed by atoms with Crippen LogP contribution in [-0.4, -0.2) is 13.7 Å². The number of ether oxygens (including phenoxy) is 1. The largest absolute Gasteiger partial charge is 0.380 e. The Hall–Kier alpha value is -0.860. The van der Waals surface area contributed by atoms with Gasteiger partial charge in [-0.2, -0.15) is 0 Å². The Morgan fingerprint density at radius 2 is 1.53 bits per heavy atom. The number of unbranched alkanes of at least 4 members (excludes halogenated alkanes) is 5. The normalized spacial score (nSPS) is 10.8. The minimum Gasteiger partial charge on any atom is -0.380 e. The van der Waals surface area contributed by atoms with Crippen LogP contribution in [0.25, 0.3) is 0 Å². The minimum absolute atomic E-state index is 0.700. The average Bonchev–Trinajstić information content (AvgIpc) is 2.44. The molecule has 108 valence electrons. The van der Waals surface area contributed by atoms with Gasteiger partial charge in [-0.3, -0.25) is 0 Å². The van der Waals surface area contributed by atoms with Gasteiger partial charge in [0.25, 0.3) is 0 Å². The van der Waals surface area contributed by atoms with E-state index in [2.05, 4.69) is 36.5 Å². The van der Waals surface area contributed by atoms with Crippen molar-refractivity contribution in [3.63, 3.8) is 0 Å². The van der Waals surface area contributed by atoms with Crippen molar-refractivity contribution in [2.45, 2.75) is 58.6 Å². The fraction of sp³-hybridized carbons (Fsp3) is 0.647. The summed E-state index contributed by atoms with van der Waals surface area (Å²) in [6, 6.07) is 8.65. The van der Waals surface area contributed by atoms with E-state index in [1.807, 2.05) is 0 Å². The summed E-state index contributed by atoms with van der Waals surface area (Å²) in [5.41, 5.74) is 2.59. The van der Waals surface area contributed by atoms with Gasteiger partial charge in [-0.05, 0) is 24.1 Å². The molecule has 0 saturated heterocycles. The third kappa shape index (κ3) is 8.02. The molecule has 0 aliphatic carbocycles. The predicted molar refractivity (Wildman–Crippen MR) is 82.2 cm³/mol. The maximum Gasteiger partial charge on any atom is 0.0713 e. The first-order valence-corrected chi connectivity index (χ1v) is 7.64. The summed E-state index contributed by atoms with van der Waals surface area (Å²) < 4.78 is 5.11. The van der Waals surface area contributed by atoms with E-state index >= 15 is 0 Å². The zero-order valence-corrected chi connectivity index (χ0v) is 12.6. The summed E-state index contributed by atoms with van der Waals surface area (Å²) in [5.74, 6) is 0. The maximum absolute atomic E-state index is 5.11. The van der Waals surface area contributed by atoms with Crippen LogP contribution >= 0.6 is 0 Å². The van der Waals surface area contributed by atoms with E-state index in [0.717, 1.165) is 13.1 Å². The van der Waals surface area contributed by atoms with Gasteiger partial charge >= 0.3 is 0 Å². The highest BCUT2D eigenvalue weighted by Gasteiger charge is 1.95. The number of benzene rings is 1. The summed E-state index contributed by atoms with van der Waals surface area (Å²) in [5, 5.41) is 3.51. The summed E-state index contributed by atoms with van der Waals surface area (Å²) in [6.07, 6.45) is 8.17. The topological polar surface area (TPSA) is 21.3 Å². The summed E-state index contributed by atoms with van der Waals surface area (Å²) in [4.78, 5) is 0. The molecule has 0 heterocycles. The van der Waals surface area contributed by atoms with Gasteiger partial charge in [-0.1, -0.05) is 63.3 Å². The van der Waals surface area contributed by atoms with Gasteiger partial charge in [0.05, 0.1) is 6.61 Å². The maximum atomic E-state index is 5.11. The lowest BCUT2D eigenvalue weighted by Gasteiger charge is -2.06. The Morgan fingerprint density at radius 3 is 2.21 bits per heavy atom. The number of hydrogen-bond donors (Lipinski definition) is 1. The van der Waals surface area contributed by atoms with Crippen molar-refractivity contribution < 1.29 is 4.74 Å². The van der Waals surface area contributed by atoms with Crippen LogP contribution in [0.2, 0.25) is 0 Å². The molecule has 0 aliphatic rings. The first kappa shape index (κ1) is 16.2. The first-order valence-electron chi connectivity index (χ1n) is 7.64. The van der Waals surface area contributed by atoms with E-state index < -0.39 is 0 Å². The van der Waals surface area contributed by atoms with Crippen LogP contribution in [0.1, 0.15) is 56.6 Å². The second-order valence-corrected chi connectivity index (χ2v) is 5.19. The van der Waals surface area contributed by atoms with Gasteiger partial charge in [0.1, 0.15) is 0 Å². The van der Waals surface area contributed by atoms with Crippen LogP contribution in [0.4, 0.5) is 0 Å². The van der Waals surface area contributed by atoms with Gasteiger partial charge in [-0.25, -0.2) is 0 Å². The van der Waals surface area contributed by atoms with Crippen molar-refractivity contribution in [2.75, 3.05) is 13.7 Å². The molecule has 1 N–H and O–H groups in total. The summed E-state index contributed by atoms with van der Waals surface area (Å²) in [7, 11) is 1.73. The lowest BCUT2D eigenvalue weighted by molar-refractivity contribution is 0.185. The van der Waals surface area contributed by atoms with Crippen LogP contribution in [0.5, 0.6) is 0 Å². The number of rotatable bonds is 11. The number of methoxy groups -OCH3 is 1. The van der Waals surface area contributed by atoms with Gasteiger partial charge in [-0.15, -0.1) is 0 Å². The first-order chi connectivity index (χ1) is 9.36. The second-order valence-electron chi connectivity index (χ2n) is 5.19. The van der Waals surface area contributed by atoms with Crippen molar-refractivity contribution >= 4 is 0 Å². The van der Waals surface area contributed by atoms with Crippen LogP contribution < -0.4 is 5.32 Å². The molecule has 0 amide bonds. The highest BCUT2D eigenvalue weighted by Crippen LogP contribution is 2.06. The Labute approximate surface area is 118 Å². The van der Waals surface area contributed by atoms with Gasteiger partial charge in [0.2, 0.25) is 0 Å². The Balaban J connectivity index is 2.02. The molecule has 1 aromatic carbocycles. The molecule has 0 atom stereocenters. The molecule has 1 aromatic rings. The van der Waals surface area contributed by atoms with E-state index in [9.17, 15) is 0 Å². The lowest BCUT2D eigenvalue weighted by atomic mass is 10.1. The van der Waals surface area contributed by atoms with E-state index in [0.29, 0.717) is 6.61 Å². The molecule has 1 rings (SSSR count). The van der Waals surface area contributed by atoms with E-state index in [1.54, 1.807) is 7.11 Å². The third-order valence-corrected chi connectivity index (χ3v) is 3.37. The van der Waals surface area contributed by atoms with E-state index in [-0.39, 0.29) is 0 Å². The zero-order valence-electron chi connectivity index (χ0n) is 12.6. The van der Waals surface area contributed by atoms with E-state index in [4.69, 9.17) is 4.74 Å². The fourth-order valence-corrected chi connectivity index (χ4v) is 2.18. The quantitative estimate of drug-likeness (QED) is 0.602. The predicted octanol–water partition coefficient (Wildman–Crippen LogP) is 4.28.